The zero-order valence-electron chi connectivity index (χ0n) is 12.0. The minimum atomic E-state index is -0.461. The van der Waals surface area contributed by atoms with E-state index in [-0.39, 0.29) is 24.4 Å². The maximum absolute atomic E-state index is 12.5. The largest absolute Gasteiger partial charge is 0.491 e. The van der Waals surface area contributed by atoms with Crippen LogP contribution in [-0.4, -0.2) is 19.1 Å². The van der Waals surface area contributed by atoms with Gasteiger partial charge in [-0.1, -0.05) is 32.0 Å². The molecule has 1 heterocycles. The number of benzene rings is 1. The first-order chi connectivity index (χ1) is 9.16. The molecule has 0 radical (unpaired) electrons. The molecule has 20 heavy (non-hydrogen) atoms. The molecule has 0 saturated heterocycles. The molecule has 0 aliphatic carbocycles. The van der Waals surface area contributed by atoms with Crippen molar-refractivity contribution in [2.45, 2.75) is 32.7 Å². The van der Waals surface area contributed by atoms with E-state index in [2.05, 4.69) is 5.32 Å². The fourth-order valence-electron chi connectivity index (χ4n) is 2.55. The summed E-state index contributed by atoms with van der Waals surface area (Å²) in [6.07, 6.45) is 1.50. The molecule has 1 amide bonds. The molecule has 112 valence electrons. The summed E-state index contributed by atoms with van der Waals surface area (Å²) in [5.74, 6) is 0.893. The number of rotatable bonds is 5. The highest BCUT2D eigenvalue weighted by molar-refractivity contribution is 5.85. The Labute approximate surface area is 126 Å². The lowest BCUT2D eigenvalue weighted by molar-refractivity contribution is -0.131. The van der Waals surface area contributed by atoms with Gasteiger partial charge in [0.1, 0.15) is 12.4 Å². The van der Waals surface area contributed by atoms with Crippen molar-refractivity contribution in [2.24, 2.45) is 11.1 Å². The van der Waals surface area contributed by atoms with Crippen LogP contribution in [0, 0.1) is 5.41 Å². The Kier molecular flexibility index (Phi) is 5.84. The molecule has 2 rings (SSSR count). The molecule has 1 aromatic rings. The molecule has 1 unspecified atom stereocenters. The average Bonchev–Trinajstić information content (AvgIpc) is 2.85. The van der Waals surface area contributed by atoms with Crippen LogP contribution in [0.4, 0.5) is 0 Å². The predicted octanol–water partition coefficient (Wildman–Crippen LogP) is 2.42. The molecule has 0 spiro atoms. The minimum absolute atomic E-state index is 0. The summed E-state index contributed by atoms with van der Waals surface area (Å²) in [4.78, 5) is 12.5. The summed E-state index contributed by atoms with van der Waals surface area (Å²) in [6, 6.07) is 7.76. The van der Waals surface area contributed by atoms with Crippen LogP contribution in [0.1, 0.15) is 38.3 Å². The second-order valence-corrected chi connectivity index (χ2v) is 5.07. The van der Waals surface area contributed by atoms with Crippen LogP contribution in [0.25, 0.3) is 0 Å². The SMILES string of the molecule is CCC(CC)(CN)C(=O)NC1COc2ccccc21.Cl. The summed E-state index contributed by atoms with van der Waals surface area (Å²) in [7, 11) is 0. The van der Waals surface area contributed by atoms with Gasteiger partial charge in [0.2, 0.25) is 5.91 Å². The van der Waals surface area contributed by atoms with Gasteiger partial charge in [-0.25, -0.2) is 0 Å². The molecule has 0 fully saturated rings. The first kappa shape index (κ1) is 16.8. The maximum atomic E-state index is 12.5. The standard InChI is InChI=1S/C15H22N2O2.ClH/c1-3-15(4-2,10-16)14(18)17-12-9-19-13-8-6-5-7-11(12)13;/h5-8,12H,3-4,9-10,16H2,1-2H3,(H,17,18);1H. The van der Waals surface area contributed by atoms with Crippen molar-refractivity contribution in [3.8, 4) is 5.75 Å². The second kappa shape index (κ2) is 6.95. The molecule has 1 atom stereocenters. The van der Waals surface area contributed by atoms with Crippen molar-refractivity contribution in [1.82, 2.24) is 5.32 Å². The summed E-state index contributed by atoms with van der Waals surface area (Å²) in [5, 5.41) is 3.08. The van der Waals surface area contributed by atoms with Crippen molar-refractivity contribution in [2.75, 3.05) is 13.2 Å². The highest BCUT2D eigenvalue weighted by atomic mass is 35.5. The molecule has 0 saturated carbocycles. The van der Waals surface area contributed by atoms with Gasteiger partial charge in [-0.15, -0.1) is 12.4 Å². The summed E-state index contributed by atoms with van der Waals surface area (Å²) < 4.78 is 5.58. The third kappa shape index (κ3) is 2.91. The van der Waals surface area contributed by atoms with Crippen molar-refractivity contribution in [3.05, 3.63) is 29.8 Å². The fourth-order valence-corrected chi connectivity index (χ4v) is 2.55. The number of nitrogens with one attached hydrogen (secondary N) is 1. The smallest absolute Gasteiger partial charge is 0.228 e. The number of para-hydroxylation sites is 1. The highest BCUT2D eigenvalue weighted by Crippen LogP contribution is 2.33. The van der Waals surface area contributed by atoms with E-state index in [9.17, 15) is 4.79 Å². The van der Waals surface area contributed by atoms with Crippen LogP contribution in [0.15, 0.2) is 24.3 Å². The van der Waals surface area contributed by atoms with Crippen molar-refractivity contribution >= 4 is 18.3 Å². The maximum Gasteiger partial charge on any atom is 0.228 e. The van der Waals surface area contributed by atoms with Crippen molar-refractivity contribution in [1.29, 1.82) is 0 Å². The number of carbonyl (C=O) groups is 1. The van der Waals surface area contributed by atoms with E-state index in [1.807, 2.05) is 38.1 Å². The van der Waals surface area contributed by atoms with Gasteiger partial charge in [-0.05, 0) is 18.9 Å². The fraction of sp³-hybridized carbons (Fsp3) is 0.533. The lowest BCUT2D eigenvalue weighted by Gasteiger charge is -2.30. The first-order valence-corrected chi connectivity index (χ1v) is 6.89. The molecule has 0 aromatic heterocycles. The minimum Gasteiger partial charge on any atom is -0.491 e. The average molecular weight is 299 g/mol. The predicted molar refractivity (Wildman–Crippen MR) is 82.1 cm³/mol. The van der Waals surface area contributed by atoms with E-state index < -0.39 is 5.41 Å². The lowest BCUT2D eigenvalue weighted by Crippen LogP contribution is -2.46. The number of hydrogen-bond donors (Lipinski definition) is 2. The Morgan fingerprint density at radius 2 is 2.05 bits per heavy atom. The Balaban J connectivity index is 0.00000200. The Bertz CT molecular complexity index is 453. The Morgan fingerprint density at radius 3 is 2.65 bits per heavy atom. The van der Waals surface area contributed by atoms with Gasteiger partial charge in [0.25, 0.3) is 0 Å². The molecule has 3 N–H and O–H groups in total. The number of amides is 1. The number of nitrogens with two attached hydrogens (primary N) is 1. The van der Waals surface area contributed by atoms with Gasteiger partial charge in [0.05, 0.1) is 11.5 Å². The molecule has 1 aliphatic rings. The van der Waals surface area contributed by atoms with Crippen LogP contribution >= 0.6 is 12.4 Å². The third-order valence-corrected chi connectivity index (χ3v) is 4.23. The number of fused-ring (bicyclic) bond motifs is 1. The zero-order chi connectivity index (χ0) is 13.9. The zero-order valence-corrected chi connectivity index (χ0v) is 12.8. The monoisotopic (exact) mass is 298 g/mol. The quantitative estimate of drug-likeness (QED) is 0.877. The normalized spacial score (nSPS) is 16.9. The molecular formula is C15H23ClN2O2. The first-order valence-electron chi connectivity index (χ1n) is 6.89. The number of ether oxygens (including phenoxy) is 1. The van der Waals surface area contributed by atoms with Gasteiger partial charge < -0.3 is 15.8 Å². The topological polar surface area (TPSA) is 64.4 Å². The van der Waals surface area contributed by atoms with E-state index in [4.69, 9.17) is 10.5 Å². The Morgan fingerprint density at radius 1 is 1.40 bits per heavy atom. The van der Waals surface area contributed by atoms with Crippen molar-refractivity contribution in [3.63, 3.8) is 0 Å². The van der Waals surface area contributed by atoms with Crippen LogP contribution in [0.2, 0.25) is 0 Å². The van der Waals surface area contributed by atoms with Gasteiger partial charge in [0.15, 0.2) is 0 Å². The number of halogens is 1. The molecule has 1 aromatic carbocycles. The summed E-state index contributed by atoms with van der Waals surface area (Å²) >= 11 is 0. The summed E-state index contributed by atoms with van der Waals surface area (Å²) in [5.41, 5.74) is 6.40. The van der Waals surface area contributed by atoms with Crippen LogP contribution < -0.4 is 15.8 Å². The van der Waals surface area contributed by atoms with Crippen LogP contribution in [0.5, 0.6) is 5.75 Å². The summed E-state index contributed by atoms with van der Waals surface area (Å²) in [6.45, 7) is 4.89. The molecule has 0 bridgehead atoms. The van der Waals surface area contributed by atoms with Crippen LogP contribution in [0.3, 0.4) is 0 Å². The van der Waals surface area contributed by atoms with Gasteiger partial charge in [-0.2, -0.15) is 0 Å². The number of hydrogen-bond acceptors (Lipinski definition) is 3. The lowest BCUT2D eigenvalue weighted by atomic mass is 9.81. The Hall–Kier alpha value is -1.26. The van der Waals surface area contributed by atoms with E-state index >= 15 is 0 Å². The second-order valence-electron chi connectivity index (χ2n) is 5.07. The molecule has 1 aliphatic heterocycles. The molecule has 5 heteroatoms. The van der Waals surface area contributed by atoms with E-state index in [0.717, 1.165) is 24.2 Å². The highest BCUT2D eigenvalue weighted by Gasteiger charge is 2.36. The van der Waals surface area contributed by atoms with Crippen LogP contribution in [-0.2, 0) is 4.79 Å². The number of carbonyl (C=O) groups excluding carboxylic acids is 1. The van der Waals surface area contributed by atoms with E-state index in [1.54, 1.807) is 0 Å². The van der Waals surface area contributed by atoms with E-state index in [1.165, 1.54) is 0 Å². The van der Waals surface area contributed by atoms with Gasteiger partial charge >= 0.3 is 0 Å². The van der Waals surface area contributed by atoms with Crippen molar-refractivity contribution < 1.29 is 9.53 Å². The molecular weight excluding hydrogens is 276 g/mol. The van der Waals surface area contributed by atoms with E-state index in [0.29, 0.717) is 13.2 Å². The van der Waals surface area contributed by atoms with Gasteiger partial charge in [0, 0.05) is 12.1 Å². The molecule has 4 nitrogen and oxygen atoms in total. The third-order valence-electron chi connectivity index (χ3n) is 4.23. The van der Waals surface area contributed by atoms with Gasteiger partial charge in [-0.3, -0.25) is 4.79 Å².